The van der Waals surface area contributed by atoms with E-state index in [9.17, 15) is 14.4 Å². The molecule has 7 heteroatoms. The second kappa shape index (κ2) is 7.35. The smallest absolute Gasteiger partial charge is 0.258 e. The van der Waals surface area contributed by atoms with E-state index in [2.05, 4.69) is 5.32 Å². The minimum absolute atomic E-state index is 0.0490. The van der Waals surface area contributed by atoms with Crippen LogP contribution in [0.4, 0.5) is 0 Å². The Hall–Kier alpha value is -2.57. The predicted octanol–water partition coefficient (Wildman–Crippen LogP) is 0.875. The SMILES string of the molecule is COc1cc(C)cc(C)c1C(=O)N1CCN(C(=O)C2CCC(=O)N2)CC1. The topological polar surface area (TPSA) is 79.0 Å². The molecule has 2 aliphatic rings. The van der Waals surface area contributed by atoms with Gasteiger partial charge in [0.15, 0.2) is 0 Å². The number of rotatable bonds is 3. The van der Waals surface area contributed by atoms with Gasteiger partial charge in [-0.25, -0.2) is 0 Å². The first-order chi connectivity index (χ1) is 12.4. The van der Waals surface area contributed by atoms with Crippen molar-refractivity contribution in [3.8, 4) is 5.75 Å². The van der Waals surface area contributed by atoms with Gasteiger partial charge in [0.25, 0.3) is 5.91 Å². The Bertz CT molecular complexity index is 739. The van der Waals surface area contributed by atoms with Gasteiger partial charge in [0.2, 0.25) is 11.8 Å². The summed E-state index contributed by atoms with van der Waals surface area (Å²) in [7, 11) is 1.57. The summed E-state index contributed by atoms with van der Waals surface area (Å²) in [5, 5.41) is 2.71. The quantitative estimate of drug-likeness (QED) is 0.869. The van der Waals surface area contributed by atoms with Gasteiger partial charge < -0.3 is 19.9 Å². The van der Waals surface area contributed by atoms with Crippen molar-refractivity contribution in [3.63, 3.8) is 0 Å². The number of nitrogens with one attached hydrogen (secondary N) is 1. The lowest BCUT2D eigenvalue weighted by Gasteiger charge is -2.36. The molecule has 2 aliphatic heterocycles. The van der Waals surface area contributed by atoms with E-state index >= 15 is 0 Å². The van der Waals surface area contributed by atoms with Gasteiger partial charge in [0.1, 0.15) is 11.8 Å². The largest absolute Gasteiger partial charge is 0.496 e. The predicted molar refractivity (Wildman–Crippen MR) is 96.1 cm³/mol. The first kappa shape index (κ1) is 18.2. The van der Waals surface area contributed by atoms with E-state index in [4.69, 9.17) is 4.74 Å². The van der Waals surface area contributed by atoms with Gasteiger partial charge in [-0.1, -0.05) is 6.07 Å². The summed E-state index contributed by atoms with van der Waals surface area (Å²) in [6, 6.07) is 3.42. The van der Waals surface area contributed by atoms with E-state index in [1.807, 2.05) is 26.0 Å². The van der Waals surface area contributed by atoms with Crippen LogP contribution in [-0.2, 0) is 9.59 Å². The van der Waals surface area contributed by atoms with Crippen molar-refractivity contribution in [1.82, 2.24) is 15.1 Å². The first-order valence-electron chi connectivity index (χ1n) is 8.93. The number of hydrogen-bond donors (Lipinski definition) is 1. The van der Waals surface area contributed by atoms with Gasteiger partial charge in [0, 0.05) is 32.6 Å². The van der Waals surface area contributed by atoms with Gasteiger partial charge in [0.05, 0.1) is 12.7 Å². The van der Waals surface area contributed by atoms with Crippen LogP contribution < -0.4 is 10.1 Å². The van der Waals surface area contributed by atoms with E-state index in [0.29, 0.717) is 50.3 Å². The zero-order valence-corrected chi connectivity index (χ0v) is 15.5. The van der Waals surface area contributed by atoms with Crippen molar-refractivity contribution >= 4 is 17.7 Å². The average molecular weight is 359 g/mol. The second-order valence-corrected chi connectivity index (χ2v) is 6.94. The number of carbonyl (C=O) groups is 3. The Kier molecular flexibility index (Phi) is 5.15. The number of ether oxygens (including phenoxy) is 1. The fraction of sp³-hybridized carbons (Fsp3) is 0.526. The zero-order chi connectivity index (χ0) is 18.8. The molecule has 2 saturated heterocycles. The molecule has 0 aliphatic carbocycles. The fourth-order valence-electron chi connectivity index (χ4n) is 3.67. The number of carbonyl (C=O) groups excluding carboxylic acids is 3. The summed E-state index contributed by atoms with van der Waals surface area (Å²) in [6.07, 6.45) is 0.956. The van der Waals surface area contributed by atoms with Crippen molar-refractivity contribution in [2.45, 2.75) is 32.7 Å². The van der Waals surface area contributed by atoms with Gasteiger partial charge in [-0.3, -0.25) is 14.4 Å². The van der Waals surface area contributed by atoms with Gasteiger partial charge in [-0.05, 0) is 37.5 Å². The van der Waals surface area contributed by atoms with Crippen molar-refractivity contribution in [2.24, 2.45) is 0 Å². The number of piperazine rings is 1. The molecule has 3 amide bonds. The lowest BCUT2D eigenvalue weighted by Crippen LogP contribution is -2.54. The molecular weight excluding hydrogens is 334 g/mol. The van der Waals surface area contributed by atoms with Gasteiger partial charge in [-0.2, -0.15) is 0 Å². The molecule has 26 heavy (non-hydrogen) atoms. The Morgan fingerprint density at radius 3 is 2.35 bits per heavy atom. The summed E-state index contributed by atoms with van der Waals surface area (Å²) in [5.41, 5.74) is 2.52. The third kappa shape index (κ3) is 3.52. The molecular formula is C19H25N3O4. The third-order valence-electron chi connectivity index (χ3n) is 5.05. The number of amides is 3. The Balaban J connectivity index is 1.66. The van der Waals surface area contributed by atoms with Crippen LogP contribution >= 0.6 is 0 Å². The number of hydrogen-bond acceptors (Lipinski definition) is 4. The number of nitrogens with zero attached hydrogens (tertiary/aromatic N) is 2. The monoisotopic (exact) mass is 359 g/mol. The molecule has 0 aromatic heterocycles. The highest BCUT2D eigenvalue weighted by Crippen LogP contribution is 2.26. The summed E-state index contributed by atoms with van der Waals surface area (Å²) >= 11 is 0. The molecule has 3 rings (SSSR count). The van der Waals surface area contributed by atoms with Crippen molar-refractivity contribution < 1.29 is 19.1 Å². The Morgan fingerprint density at radius 1 is 1.12 bits per heavy atom. The normalized spacial score (nSPS) is 20.1. The van der Waals surface area contributed by atoms with E-state index in [1.54, 1.807) is 16.9 Å². The van der Waals surface area contributed by atoms with Crippen LogP contribution in [-0.4, -0.2) is 66.9 Å². The maximum absolute atomic E-state index is 13.0. The summed E-state index contributed by atoms with van der Waals surface area (Å²) in [4.78, 5) is 40.3. The average Bonchev–Trinajstić information content (AvgIpc) is 3.06. The summed E-state index contributed by atoms with van der Waals surface area (Å²) < 4.78 is 5.40. The molecule has 2 fully saturated rings. The summed E-state index contributed by atoms with van der Waals surface area (Å²) in [6.45, 7) is 5.78. The maximum atomic E-state index is 13.0. The Labute approximate surface area is 153 Å². The number of aryl methyl sites for hydroxylation is 2. The van der Waals surface area contributed by atoms with Crippen LogP contribution in [0.2, 0.25) is 0 Å². The molecule has 1 aromatic carbocycles. The lowest BCUT2D eigenvalue weighted by atomic mass is 10.0. The van der Waals surface area contributed by atoms with Crippen molar-refractivity contribution in [2.75, 3.05) is 33.3 Å². The summed E-state index contributed by atoms with van der Waals surface area (Å²) in [5.74, 6) is 0.395. The Morgan fingerprint density at radius 2 is 1.77 bits per heavy atom. The van der Waals surface area contributed by atoms with Crippen LogP contribution in [0.25, 0.3) is 0 Å². The highest BCUT2D eigenvalue weighted by atomic mass is 16.5. The molecule has 1 atom stereocenters. The molecule has 7 nitrogen and oxygen atoms in total. The molecule has 1 unspecified atom stereocenters. The first-order valence-corrected chi connectivity index (χ1v) is 8.93. The molecule has 0 radical (unpaired) electrons. The highest BCUT2D eigenvalue weighted by molar-refractivity contribution is 5.99. The molecule has 0 saturated carbocycles. The highest BCUT2D eigenvalue weighted by Gasteiger charge is 2.33. The number of benzene rings is 1. The third-order valence-corrected chi connectivity index (χ3v) is 5.05. The van der Waals surface area contributed by atoms with E-state index < -0.39 is 6.04 Å². The van der Waals surface area contributed by atoms with E-state index in [1.165, 1.54) is 0 Å². The molecule has 0 bridgehead atoms. The minimum Gasteiger partial charge on any atom is -0.496 e. The van der Waals surface area contributed by atoms with E-state index in [0.717, 1.165) is 11.1 Å². The van der Waals surface area contributed by atoms with Gasteiger partial charge in [-0.15, -0.1) is 0 Å². The number of methoxy groups -OCH3 is 1. The van der Waals surface area contributed by atoms with Crippen LogP contribution in [0, 0.1) is 13.8 Å². The standard InChI is InChI=1S/C19H25N3O4/c1-12-10-13(2)17(15(11-12)26-3)19(25)22-8-6-21(7-9-22)18(24)14-4-5-16(23)20-14/h10-11,14H,4-9H2,1-3H3,(H,20,23). The fourth-order valence-corrected chi connectivity index (χ4v) is 3.67. The van der Waals surface area contributed by atoms with Crippen LogP contribution in [0.1, 0.15) is 34.3 Å². The minimum atomic E-state index is -0.413. The lowest BCUT2D eigenvalue weighted by molar-refractivity contribution is -0.135. The van der Waals surface area contributed by atoms with Crippen molar-refractivity contribution in [1.29, 1.82) is 0 Å². The van der Waals surface area contributed by atoms with Gasteiger partial charge >= 0.3 is 0 Å². The maximum Gasteiger partial charge on any atom is 0.258 e. The molecule has 2 heterocycles. The molecule has 0 spiro atoms. The second-order valence-electron chi connectivity index (χ2n) is 6.94. The van der Waals surface area contributed by atoms with Crippen LogP contribution in [0.3, 0.4) is 0 Å². The molecule has 140 valence electrons. The molecule has 1 aromatic rings. The van der Waals surface area contributed by atoms with Crippen LogP contribution in [0.15, 0.2) is 12.1 Å². The van der Waals surface area contributed by atoms with Crippen molar-refractivity contribution in [3.05, 3.63) is 28.8 Å². The zero-order valence-electron chi connectivity index (χ0n) is 15.5. The van der Waals surface area contributed by atoms with Crippen LogP contribution in [0.5, 0.6) is 5.75 Å². The molecule has 1 N–H and O–H groups in total. The van der Waals surface area contributed by atoms with E-state index in [-0.39, 0.29) is 17.7 Å².